The van der Waals surface area contributed by atoms with Crippen LogP contribution < -0.4 is 0 Å². The summed E-state index contributed by atoms with van der Waals surface area (Å²) < 4.78 is 1.79. The fraction of sp³-hybridized carbons (Fsp3) is 0.172. The van der Waals surface area contributed by atoms with Crippen LogP contribution in [0.25, 0.3) is 33.2 Å². The van der Waals surface area contributed by atoms with Crippen molar-refractivity contribution in [2.75, 3.05) is 6.54 Å². The number of aromatic nitrogens is 4. The van der Waals surface area contributed by atoms with E-state index in [0.717, 1.165) is 51.6 Å². The van der Waals surface area contributed by atoms with Gasteiger partial charge >= 0.3 is 0 Å². The maximum absolute atomic E-state index is 13.6. The van der Waals surface area contributed by atoms with Crippen molar-refractivity contribution in [3.63, 3.8) is 0 Å². The highest BCUT2D eigenvalue weighted by atomic mass is 35.5. The second kappa shape index (κ2) is 9.21. The highest BCUT2D eigenvalue weighted by molar-refractivity contribution is 6.30. The maximum atomic E-state index is 13.6. The van der Waals surface area contributed by atoms with Crippen molar-refractivity contribution >= 4 is 28.4 Å². The third kappa shape index (κ3) is 4.14. The Labute approximate surface area is 214 Å². The number of nitrogens with zero attached hydrogens (tertiary/aromatic N) is 5. The van der Waals surface area contributed by atoms with Crippen molar-refractivity contribution in [1.82, 2.24) is 24.6 Å². The van der Waals surface area contributed by atoms with Gasteiger partial charge < -0.3 is 4.90 Å². The topological polar surface area (TPSA) is 63.9 Å². The van der Waals surface area contributed by atoms with Gasteiger partial charge in [-0.2, -0.15) is 5.10 Å². The van der Waals surface area contributed by atoms with Crippen LogP contribution in [0.4, 0.5) is 0 Å². The number of benzene rings is 2. The fourth-order valence-corrected chi connectivity index (χ4v) is 5.10. The molecule has 0 N–H and O–H groups in total. The highest BCUT2D eigenvalue weighted by Gasteiger charge is 2.31. The van der Waals surface area contributed by atoms with E-state index in [9.17, 15) is 4.79 Å². The van der Waals surface area contributed by atoms with Crippen molar-refractivity contribution < 1.29 is 4.79 Å². The first-order valence-electron chi connectivity index (χ1n) is 12.0. The first-order valence-corrected chi connectivity index (χ1v) is 12.4. The molecule has 6 rings (SSSR count). The smallest absolute Gasteiger partial charge is 0.272 e. The van der Waals surface area contributed by atoms with Crippen molar-refractivity contribution in [2.45, 2.75) is 18.9 Å². The van der Waals surface area contributed by atoms with Gasteiger partial charge in [0, 0.05) is 53.7 Å². The zero-order valence-electron chi connectivity index (χ0n) is 19.8. The summed E-state index contributed by atoms with van der Waals surface area (Å²) in [4.78, 5) is 24.8. The minimum Gasteiger partial charge on any atom is -0.330 e. The lowest BCUT2D eigenvalue weighted by Gasteiger charge is -2.25. The molecule has 2 aromatic carbocycles. The number of likely N-dealkylation sites (tertiary alicyclic amines) is 1. The monoisotopic (exact) mass is 493 g/mol. The standard InChI is InChI=1S/C29H24ClN5O/c1-34-18-23(16-32-34)19-4-6-20(7-5-19)25-17-31-15-22-10-13-26(33-28(22)25)29(36)35-14-2-3-27(35)21-8-11-24(30)12-9-21/h4-13,15-18,27H,2-3,14H2,1H3/t27-/m0/s1. The Kier molecular flexibility index (Phi) is 5.74. The van der Waals surface area contributed by atoms with E-state index in [0.29, 0.717) is 17.3 Å². The maximum Gasteiger partial charge on any atom is 0.272 e. The minimum atomic E-state index is -0.0518. The van der Waals surface area contributed by atoms with Crippen LogP contribution in [0.5, 0.6) is 0 Å². The van der Waals surface area contributed by atoms with Crippen molar-refractivity contribution in [1.29, 1.82) is 0 Å². The van der Waals surface area contributed by atoms with E-state index in [1.54, 1.807) is 16.9 Å². The normalized spacial score (nSPS) is 15.5. The molecule has 0 spiro atoms. The molecule has 0 saturated carbocycles. The fourth-order valence-electron chi connectivity index (χ4n) is 4.97. The Morgan fingerprint density at radius 1 is 0.917 bits per heavy atom. The summed E-state index contributed by atoms with van der Waals surface area (Å²) in [5, 5.41) is 5.85. The van der Waals surface area contributed by atoms with Gasteiger partial charge in [-0.05, 0) is 53.8 Å². The zero-order chi connectivity index (χ0) is 24.6. The van der Waals surface area contributed by atoms with Crippen LogP contribution in [0.3, 0.4) is 0 Å². The molecule has 1 saturated heterocycles. The number of halogens is 1. The number of carbonyl (C=O) groups is 1. The Hall–Kier alpha value is -4.03. The lowest BCUT2D eigenvalue weighted by Crippen LogP contribution is -2.31. The molecule has 0 bridgehead atoms. The Morgan fingerprint density at radius 3 is 2.44 bits per heavy atom. The molecule has 0 unspecified atom stereocenters. The summed E-state index contributed by atoms with van der Waals surface area (Å²) in [6.45, 7) is 0.713. The Morgan fingerprint density at radius 2 is 1.69 bits per heavy atom. The van der Waals surface area contributed by atoms with Gasteiger partial charge in [-0.3, -0.25) is 14.5 Å². The second-order valence-electron chi connectivity index (χ2n) is 9.14. The molecule has 1 aliphatic rings. The second-order valence-corrected chi connectivity index (χ2v) is 9.58. The predicted molar refractivity (Wildman–Crippen MR) is 142 cm³/mol. The molecule has 7 heteroatoms. The molecular weight excluding hydrogens is 470 g/mol. The van der Waals surface area contributed by atoms with Crippen LogP contribution in [-0.2, 0) is 7.05 Å². The van der Waals surface area contributed by atoms with Gasteiger partial charge in [-0.25, -0.2) is 4.98 Å². The van der Waals surface area contributed by atoms with E-state index in [1.165, 1.54) is 0 Å². The summed E-state index contributed by atoms with van der Waals surface area (Å²) in [5.74, 6) is -0.0518. The molecule has 1 fully saturated rings. The quantitative estimate of drug-likeness (QED) is 0.293. The third-order valence-electron chi connectivity index (χ3n) is 6.82. The average Bonchev–Trinajstić information content (AvgIpc) is 3.58. The molecule has 5 aromatic rings. The van der Waals surface area contributed by atoms with Crippen molar-refractivity contribution in [3.8, 4) is 22.3 Å². The summed E-state index contributed by atoms with van der Waals surface area (Å²) >= 11 is 6.08. The highest BCUT2D eigenvalue weighted by Crippen LogP contribution is 2.34. The summed E-state index contributed by atoms with van der Waals surface area (Å²) in [6, 6.07) is 19.8. The van der Waals surface area contributed by atoms with Gasteiger partial charge in [-0.15, -0.1) is 0 Å². The number of hydrogen-bond donors (Lipinski definition) is 0. The van der Waals surface area contributed by atoms with Crippen molar-refractivity contribution in [3.05, 3.63) is 102 Å². The van der Waals surface area contributed by atoms with Crippen LogP contribution in [0.1, 0.15) is 34.9 Å². The van der Waals surface area contributed by atoms with Crippen LogP contribution in [0.2, 0.25) is 5.02 Å². The van der Waals surface area contributed by atoms with E-state index in [-0.39, 0.29) is 11.9 Å². The summed E-state index contributed by atoms with van der Waals surface area (Å²) in [7, 11) is 1.91. The lowest BCUT2D eigenvalue weighted by atomic mass is 10.0. The molecular formula is C29H24ClN5O. The molecule has 1 aliphatic heterocycles. The molecule has 3 aromatic heterocycles. The molecule has 0 aliphatic carbocycles. The van der Waals surface area contributed by atoms with Crippen molar-refractivity contribution in [2.24, 2.45) is 7.05 Å². The Balaban J connectivity index is 1.34. The van der Waals surface area contributed by atoms with Gasteiger partial charge in [0.2, 0.25) is 0 Å². The molecule has 6 nitrogen and oxygen atoms in total. The largest absolute Gasteiger partial charge is 0.330 e. The van der Waals surface area contributed by atoms with E-state index < -0.39 is 0 Å². The molecule has 4 heterocycles. The summed E-state index contributed by atoms with van der Waals surface area (Å²) in [6.07, 6.45) is 9.34. The van der Waals surface area contributed by atoms with Crippen LogP contribution >= 0.6 is 11.6 Å². The minimum absolute atomic E-state index is 0.0317. The average molecular weight is 494 g/mol. The number of carbonyl (C=O) groups excluding carboxylic acids is 1. The van der Waals surface area contributed by atoms with Gasteiger partial charge in [-0.1, -0.05) is 48.0 Å². The predicted octanol–water partition coefficient (Wildman–Crippen LogP) is 6.33. The zero-order valence-corrected chi connectivity index (χ0v) is 20.6. The van der Waals surface area contributed by atoms with Gasteiger partial charge in [0.25, 0.3) is 5.91 Å². The van der Waals surface area contributed by atoms with E-state index in [1.807, 2.05) is 60.9 Å². The summed E-state index contributed by atoms with van der Waals surface area (Å²) in [5.41, 5.74) is 6.37. The van der Waals surface area contributed by atoms with Crippen LogP contribution in [0.15, 0.2) is 85.5 Å². The molecule has 178 valence electrons. The molecule has 36 heavy (non-hydrogen) atoms. The lowest BCUT2D eigenvalue weighted by molar-refractivity contribution is 0.0730. The number of amides is 1. The first-order chi connectivity index (χ1) is 17.6. The van der Waals surface area contributed by atoms with Gasteiger partial charge in [0.05, 0.1) is 17.8 Å². The molecule has 0 radical (unpaired) electrons. The van der Waals surface area contributed by atoms with Crippen LogP contribution in [-0.4, -0.2) is 37.1 Å². The number of hydrogen-bond acceptors (Lipinski definition) is 4. The van der Waals surface area contributed by atoms with E-state index >= 15 is 0 Å². The number of rotatable bonds is 4. The molecule has 1 atom stereocenters. The van der Waals surface area contributed by atoms with Gasteiger partial charge in [0.15, 0.2) is 0 Å². The number of fused-ring (bicyclic) bond motifs is 1. The third-order valence-corrected chi connectivity index (χ3v) is 7.07. The van der Waals surface area contributed by atoms with E-state index in [2.05, 4.69) is 34.3 Å². The van der Waals surface area contributed by atoms with E-state index in [4.69, 9.17) is 16.6 Å². The number of aryl methyl sites for hydroxylation is 1. The first kappa shape index (κ1) is 22.4. The molecule has 1 amide bonds. The Bertz CT molecular complexity index is 1560. The number of pyridine rings is 2. The van der Waals surface area contributed by atoms with Gasteiger partial charge in [0.1, 0.15) is 5.69 Å². The van der Waals surface area contributed by atoms with Crippen LogP contribution in [0, 0.1) is 0 Å². The SMILES string of the molecule is Cn1cc(-c2ccc(-c3cncc4ccc(C(=O)N5CCC[C@H]5c5ccc(Cl)cc5)nc34)cc2)cn1.